The van der Waals surface area contributed by atoms with Crippen molar-refractivity contribution in [3.05, 3.63) is 102 Å². The first-order valence-corrected chi connectivity index (χ1v) is 15.3. The minimum Gasteiger partial charge on any atom is -0.199 e. The lowest BCUT2D eigenvalue weighted by Crippen LogP contribution is -2.27. The van der Waals surface area contributed by atoms with Crippen LogP contribution in [-0.4, -0.2) is 13.9 Å². The molecule has 36 heavy (non-hydrogen) atoms. The summed E-state index contributed by atoms with van der Waals surface area (Å²) in [6, 6.07) is 24.9. The van der Waals surface area contributed by atoms with Gasteiger partial charge in [0, 0.05) is 14.7 Å². The summed E-state index contributed by atoms with van der Waals surface area (Å²) in [5.41, 5.74) is -2.69. The van der Waals surface area contributed by atoms with Gasteiger partial charge in [-0.2, -0.15) is 25.2 Å². The van der Waals surface area contributed by atoms with Gasteiger partial charge in [-0.15, -0.1) is 11.3 Å². The highest BCUT2D eigenvalue weighted by molar-refractivity contribution is 8.34. The van der Waals surface area contributed by atoms with Crippen molar-refractivity contribution in [2.24, 2.45) is 0 Å². The molecule has 0 atom stereocenters. The Morgan fingerprint density at radius 2 is 1.14 bits per heavy atom. The molecule has 0 spiro atoms. The molecule has 0 saturated heterocycles. The van der Waals surface area contributed by atoms with Crippen molar-refractivity contribution >= 4 is 43.5 Å². The van der Waals surface area contributed by atoms with Crippen LogP contribution in [0.4, 0.5) is 13.2 Å². The largest absolute Gasteiger partial charge is 0.524 e. The van der Waals surface area contributed by atoms with Crippen molar-refractivity contribution in [3.63, 3.8) is 0 Å². The summed E-state index contributed by atoms with van der Waals surface area (Å²) in [4.78, 5) is 1.68. The Labute approximate surface area is 219 Å². The molecule has 0 aliphatic rings. The summed E-state index contributed by atoms with van der Waals surface area (Å²) in [6.07, 6.45) is 0. The molecule has 0 saturated carbocycles. The molecule has 0 aliphatic carbocycles. The van der Waals surface area contributed by atoms with Gasteiger partial charge in [-0.3, -0.25) is 0 Å². The summed E-state index contributed by atoms with van der Waals surface area (Å²) >= 11 is 2.69. The molecule has 3 aromatic carbocycles. The van der Waals surface area contributed by atoms with Crippen molar-refractivity contribution in [3.8, 4) is 0 Å². The Kier molecular flexibility index (Phi) is 7.64. The summed E-state index contributed by atoms with van der Waals surface area (Å²) in [7, 11) is -9.23. The quantitative estimate of drug-likeness (QED) is 0.209. The fourth-order valence-electron chi connectivity index (χ4n) is 3.35. The zero-order valence-electron chi connectivity index (χ0n) is 19.6. The van der Waals surface area contributed by atoms with Gasteiger partial charge in [0.2, 0.25) is 0 Å². The smallest absolute Gasteiger partial charge is 0.199 e. The summed E-state index contributed by atoms with van der Waals surface area (Å²) in [6.45, 7) is 5.68. The molecule has 1 aromatic heterocycles. The Bertz CT molecular complexity index is 1400. The van der Waals surface area contributed by atoms with Gasteiger partial charge in [0.15, 0.2) is 0 Å². The molecule has 0 bridgehead atoms. The average molecular weight is 569 g/mol. The molecule has 1 heterocycles. The number of rotatable bonds is 7. The van der Waals surface area contributed by atoms with E-state index in [0.717, 1.165) is 25.8 Å². The van der Waals surface area contributed by atoms with Crippen LogP contribution in [0.1, 0.15) is 16.7 Å². The van der Waals surface area contributed by atoms with Crippen LogP contribution >= 0.6 is 33.4 Å². The molecule has 0 fully saturated rings. The van der Waals surface area contributed by atoms with E-state index in [1.807, 2.05) is 45.0 Å². The van der Waals surface area contributed by atoms with Crippen molar-refractivity contribution < 1.29 is 25.2 Å². The third kappa shape index (κ3) is 5.52. The monoisotopic (exact) mass is 568 g/mol. The number of halogens is 3. The first kappa shape index (κ1) is 26.8. The van der Waals surface area contributed by atoms with Crippen LogP contribution in [0.3, 0.4) is 0 Å². The van der Waals surface area contributed by atoms with E-state index >= 15 is 0 Å². The molecule has 4 rings (SSSR count). The van der Waals surface area contributed by atoms with E-state index in [9.17, 15) is 21.6 Å². The number of hydrogen-bond acceptors (Lipinski definition) is 5. The van der Waals surface area contributed by atoms with Crippen LogP contribution in [0.5, 0.6) is 0 Å². The minimum absolute atomic E-state index is 0.360. The second kappa shape index (κ2) is 10.3. The molecule has 0 aliphatic heterocycles. The minimum atomic E-state index is -5.94. The third-order valence-corrected chi connectivity index (χ3v) is 12.9. The van der Waals surface area contributed by atoms with Gasteiger partial charge in [-0.05, 0) is 79.6 Å². The Balaban J connectivity index is 1.94. The highest BCUT2D eigenvalue weighted by Gasteiger charge is 2.52. The molecule has 0 unspecified atom stereocenters. The van der Waals surface area contributed by atoms with Gasteiger partial charge in [0.05, 0.1) is 8.42 Å². The lowest BCUT2D eigenvalue weighted by atomic mass is 10.2. The van der Waals surface area contributed by atoms with E-state index in [4.69, 9.17) is 3.63 Å². The zero-order chi connectivity index (χ0) is 26.1. The molecule has 4 aromatic rings. The van der Waals surface area contributed by atoms with E-state index in [0.29, 0.717) is 14.0 Å². The van der Waals surface area contributed by atoms with E-state index < -0.39 is 25.9 Å². The zero-order valence-corrected chi connectivity index (χ0v) is 22.8. The number of aryl methyl sites for hydroxylation is 3. The Morgan fingerprint density at radius 1 is 0.694 bits per heavy atom. The second-order valence-corrected chi connectivity index (χ2v) is 15.3. The first-order valence-electron chi connectivity index (χ1n) is 10.7. The van der Waals surface area contributed by atoms with E-state index in [1.54, 1.807) is 60.7 Å². The molecule has 3 nitrogen and oxygen atoms in total. The lowest BCUT2D eigenvalue weighted by molar-refractivity contribution is -0.0496. The fourth-order valence-corrected chi connectivity index (χ4v) is 11.2. The van der Waals surface area contributed by atoms with Crippen LogP contribution in [0.25, 0.3) is 0 Å². The number of alkyl halides is 3. The van der Waals surface area contributed by atoms with Gasteiger partial charge in [0.25, 0.3) is 0 Å². The normalized spacial score (nSPS) is 13.1. The molecule has 10 heteroatoms. The summed E-state index contributed by atoms with van der Waals surface area (Å²) < 4.78 is 72.6. The van der Waals surface area contributed by atoms with E-state index in [-0.39, 0.29) is 0 Å². The number of thiophene rings is 1. The molecule has 0 N–H and O–H groups in total. The second-order valence-electron chi connectivity index (χ2n) is 8.14. The molecular formula is C26H23F3O3S4. The summed E-state index contributed by atoms with van der Waals surface area (Å²) in [5, 5.41) is 0. The third-order valence-electron chi connectivity index (χ3n) is 5.26. The van der Waals surface area contributed by atoms with Crippen LogP contribution < -0.4 is 0 Å². The topological polar surface area (TPSA) is 43.4 Å². The molecule has 190 valence electrons. The average Bonchev–Trinajstić information content (AvgIpc) is 3.28. The molecule has 0 amide bonds. The highest BCUT2D eigenvalue weighted by atomic mass is 32.3. The van der Waals surface area contributed by atoms with E-state index in [2.05, 4.69) is 0 Å². The van der Waals surface area contributed by atoms with Gasteiger partial charge < -0.3 is 0 Å². The van der Waals surface area contributed by atoms with Gasteiger partial charge in [-0.25, -0.2) is 0 Å². The van der Waals surface area contributed by atoms with Crippen molar-refractivity contribution in [1.29, 1.82) is 0 Å². The molecular weight excluding hydrogens is 546 g/mol. The van der Waals surface area contributed by atoms with E-state index in [1.165, 1.54) is 23.1 Å². The van der Waals surface area contributed by atoms with Crippen molar-refractivity contribution in [1.82, 2.24) is 0 Å². The maximum atomic E-state index is 13.7. The molecule has 0 radical (unpaired) electrons. The predicted octanol–water partition coefficient (Wildman–Crippen LogP) is 8.89. The van der Waals surface area contributed by atoms with Crippen LogP contribution in [-0.2, 0) is 13.7 Å². The van der Waals surface area contributed by atoms with Crippen LogP contribution in [0, 0.1) is 20.8 Å². The van der Waals surface area contributed by atoms with Crippen molar-refractivity contribution in [2.45, 2.75) is 49.4 Å². The standard InChI is InChI=1S/C26H23F3O3S4/c1-18-4-10-21(11-5-18)33-24-16-17-25(34-24)35(22-12-6-19(2)7-13-22,23-14-8-20(3)9-15-23)32-36(30,31)26(27,28)29/h4-17H,1-3H3. The fraction of sp³-hybridized carbons (Fsp3) is 0.154. The van der Waals surface area contributed by atoms with Crippen LogP contribution in [0.2, 0.25) is 0 Å². The maximum Gasteiger partial charge on any atom is 0.524 e. The highest BCUT2D eigenvalue weighted by Crippen LogP contribution is 2.72. The van der Waals surface area contributed by atoms with Crippen LogP contribution in [0.15, 0.2) is 108 Å². The summed E-state index contributed by atoms with van der Waals surface area (Å²) in [5.74, 6) is 0. The number of benzene rings is 3. The lowest BCUT2D eigenvalue weighted by Gasteiger charge is -2.38. The Morgan fingerprint density at radius 3 is 1.58 bits per heavy atom. The predicted molar refractivity (Wildman–Crippen MR) is 140 cm³/mol. The van der Waals surface area contributed by atoms with Gasteiger partial charge in [0.1, 0.15) is 0 Å². The first-order chi connectivity index (χ1) is 16.9. The van der Waals surface area contributed by atoms with Gasteiger partial charge in [-0.1, -0.05) is 64.9 Å². The SMILES string of the molecule is Cc1ccc(Sc2ccc(S(OS(=O)(=O)C(F)(F)F)(c3ccc(C)cc3)c3ccc(C)cc3)s2)cc1. The van der Waals surface area contributed by atoms with Gasteiger partial charge >= 0.3 is 15.6 Å². The maximum absolute atomic E-state index is 13.7. The van der Waals surface area contributed by atoms with Crippen molar-refractivity contribution in [2.75, 3.05) is 0 Å². The number of hydrogen-bond donors (Lipinski definition) is 0. The Hall–Kier alpha value is -2.24.